The van der Waals surface area contributed by atoms with Crippen molar-refractivity contribution in [2.24, 2.45) is 0 Å². The molecule has 1 aromatic carbocycles. The van der Waals surface area contributed by atoms with Crippen molar-refractivity contribution < 1.29 is 14.6 Å². The van der Waals surface area contributed by atoms with Crippen LogP contribution < -0.4 is 10.1 Å². The first-order valence-electron chi connectivity index (χ1n) is 9.37. The molecule has 1 atom stereocenters. The average molecular weight is 369 g/mol. The molecule has 6 nitrogen and oxygen atoms in total. The third kappa shape index (κ3) is 4.46. The van der Waals surface area contributed by atoms with E-state index in [1.807, 2.05) is 43.3 Å². The number of piperidine rings is 1. The largest absolute Gasteiger partial charge is 0.497 e. The Morgan fingerprint density at radius 1 is 1.30 bits per heavy atom. The van der Waals surface area contributed by atoms with Crippen molar-refractivity contribution >= 4 is 11.6 Å². The standard InChI is InChI=1S/C21H27N3O3/c1-3-19(20(25)23-17-6-8-18(27-2)9-7-17)24-13-10-21(26,11-14-24)16-5-4-12-22-15-16/h4-9,12,15,19,26H,3,10-11,13-14H2,1-2H3,(H,23,25). The predicted molar refractivity (Wildman–Crippen MR) is 105 cm³/mol. The first kappa shape index (κ1) is 19.3. The molecule has 3 rings (SSSR count). The molecule has 27 heavy (non-hydrogen) atoms. The number of benzene rings is 1. The maximum Gasteiger partial charge on any atom is 0.241 e. The van der Waals surface area contributed by atoms with Gasteiger partial charge in [-0.3, -0.25) is 14.7 Å². The fourth-order valence-electron chi connectivity index (χ4n) is 3.64. The van der Waals surface area contributed by atoms with E-state index < -0.39 is 5.60 Å². The van der Waals surface area contributed by atoms with Gasteiger partial charge in [0.1, 0.15) is 5.75 Å². The number of methoxy groups -OCH3 is 1. The van der Waals surface area contributed by atoms with Crippen LogP contribution in [0.4, 0.5) is 5.69 Å². The minimum atomic E-state index is -0.866. The number of carbonyl (C=O) groups excluding carboxylic acids is 1. The van der Waals surface area contributed by atoms with E-state index in [0.29, 0.717) is 32.4 Å². The van der Waals surface area contributed by atoms with Crippen LogP contribution in [0.2, 0.25) is 0 Å². The minimum Gasteiger partial charge on any atom is -0.497 e. The summed E-state index contributed by atoms with van der Waals surface area (Å²) in [6.07, 6.45) is 5.32. The average Bonchev–Trinajstić information content (AvgIpc) is 2.71. The molecule has 1 saturated heterocycles. The highest BCUT2D eigenvalue weighted by atomic mass is 16.5. The molecule has 6 heteroatoms. The van der Waals surface area contributed by atoms with Crippen LogP contribution in [0.15, 0.2) is 48.8 Å². The van der Waals surface area contributed by atoms with Gasteiger partial charge in [0.2, 0.25) is 5.91 Å². The Labute approximate surface area is 160 Å². The summed E-state index contributed by atoms with van der Waals surface area (Å²) in [5.74, 6) is 0.736. The SMILES string of the molecule is CCC(C(=O)Nc1ccc(OC)cc1)N1CCC(O)(c2cccnc2)CC1. The molecule has 1 aliphatic heterocycles. The predicted octanol–water partition coefficient (Wildman–Crippen LogP) is 2.79. The van der Waals surface area contributed by atoms with Gasteiger partial charge in [0, 0.05) is 36.7 Å². The molecule has 2 aromatic rings. The molecular formula is C21H27N3O3. The Morgan fingerprint density at radius 2 is 2.00 bits per heavy atom. The summed E-state index contributed by atoms with van der Waals surface area (Å²) in [5.41, 5.74) is 0.735. The van der Waals surface area contributed by atoms with Crippen molar-refractivity contribution in [1.29, 1.82) is 0 Å². The lowest BCUT2D eigenvalue weighted by Gasteiger charge is -2.41. The Balaban J connectivity index is 1.61. The third-order valence-corrected chi connectivity index (χ3v) is 5.31. The number of pyridine rings is 1. The zero-order valence-electron chi connectivity index (χ0n) is 15.9. The van der Waals surface area contributed by atoms with Crippen LogP contribution in [0, 0.1) is 0 Å². The number of aromatic nitrogens is 1. The van der Waals surface area contributed by atoms with Crippen LogP contribution in [0.3, 0.4) is 0 Å². The number of anilines is 1. The van der Waals surface area contributed by atoms with E-state index in [-0.39, 0.29) is 11.9 Å². The number of amides is 1. The fourth-order valence-corrected chi connectivity index (χ4v) is 3.64. The van der Waals surface area contributed by atoms with E-state index in [0.717, 1.165) is 17.0 Å². The third-order valence-electron chi connectivity index (χ3n) is 5.31. The maximum atomic E-state index is 12.8. The number of nitrogens with zero attached hydrogens (tertiary/aromatic N) is 2. The first-order valence-corrected chi connectivity index (χ1v) is 9.37. The van der Waals surface area contributed by atoms with Gasteiger partial charge in [-0.2, -0.15) is 0 Å². The van der Waals surface area contributed by atoms with Crippen LogP contribution in [-0.2, 0) is 10.4 Å². The molecule has 0 saturated carbocycles. The summed E-state index contributed by atoms with van der Waals surface area (Å²) in [4.78, 5) is 19.0. The van der Waals surface area contributed by atoms with Gasteiger partial charge < -0.3 is 15.2 Å². The summed E-state index contributed by atoms with van der Waals surface area (Å²) >= 11 is 0. The van der Waals surface area contributed by atoms with Crippen molar-refractivity contribution in [1.82, 2.24) is 9.88 Å². The molecule has 1 aromatic heterocycles. The second kappa shape index (κ2) is 8.50. The number of carbonyl (C=O) groups is 1. The topological polar surface area (TPSA) is 74.7 Å². The molecule has 2 N–H and O–H groups in total. The van der Waals surface area contributed by atoms with E-state index in [2.05, 4.69) is 15.2 Å². The Hall–Kier alpha value is -2.44. The number of nitrogens with one attached hydrogen (secondary N) is 1. The molecule has 0 spiro atoms. The molecule has 2 heterocycles. The lowest BCUT2D eigenvalue weighted by atomic mass is 9.84. The van der Waals surface area contributed by atoms with Crippen molar-refractivity contribution in [2.75, 3.05) is 25.5 Å². The van der Waals surface area contributed by atoms with Crippen molar-refractivity contribution in [3.8, 4) is 5.75 Å². The Bertz CT molecular complexity index is 741. The van der Waals surface area contributed by atoms with Crippen molar-refractivity contribution in [2.45, 2.75) is 37.8 Å². The minimum absolute atomic E-state index is 0.0190. The van der Waals surface area contributed by atoms with Gasteiger partial charge in [0.25, 0.3) is 0 Å². The number of hydrogen-bond donors (Lipinski definition) is 2. The van der Waals surface area contributed by atoms with E-state index in [9.17, 15) is 9.90 Å². The van der Waals surface area contributed by atoms with Gasteiger partial charge in [-0.15, -0.1) is 0 Å². The highest BCUT2D eigenvalue weighted by molar-refractivity contribution is 5.94. The van der Waals surface area contributed by atoms with Gasteiger partial charge >= 0.3 is 0 Å². The van der Waals surface area contributed by atoms with E-state index in [1.54, 1.807) is 19.5 Å². The van der Waals surface area contributed by atoms with Gasteiger partial charge in [0.05, 0.1) is 18.8 Å². The molecule has 0 radical (unpaired) electrons. The summed E-state index contributed by atoms with van der Waals surface area (Å²) < 4.78 is 5.14. The summed E-state index contributed by atoms with van der Waals surface area (Å²) in [6, 6.07) is 10.9. The normalized spacial score (nSPS) is 17.9. The molecule has 1 unspecified atom stereocenters. The van der Waals surface area contributed by atoms with Crippen LogP contribution in [0.5, 0.6) is 5.75 Å². The number of rotatable bonds is 6. The smallest absolute Gasteiger partial charge is 0.241 e. The highest BCUT2D eigenvalue weighted by Gasteiger charge is 2.37. The van der Waals surface area contributed by atoms with Gasteiger partial charge in [-0.05, 0) is 49.6 Å². The molecule has 0 aliphatic carbocycles. The van der Waals surface area contributed by atoms with E-state index in [1.165, 1.54) is 0 Å². The summed E-state index contributed by atoms with van der Waals surface area (Å²) in [6.45, 7) is 3.35. The van der Waals surface area contributed by atoms with Crippen molar-refractivity contribution in [3.05, 3.63) is 54.4 Å². The zero-order chi connectivity index (χ0) is 19.3. The Kier molecular flexibility index (Phi) is 6.08. The van der Waals surface area contributed by atoms with Crippen molar-refractivity contribution in [3.63, 3.8) is 0 Å². The molecule has 1 aliphatic rings. The van der Waals surface area contributed by atoms with Crippen LogP contribution in [0.1, 0.15) is 31.7 Å². The number of likely N-dealkylation sites (tertiary alicyclic amines) is 1. The summed E-state index contributed by atoms with van der Waals surface area (Å²) in [7, 11) is 1.61. The second-order valence-electron chi connectivity index (χ2n) is 6.95. The molecule has 1 amide bonds. The second-order valence-corrected chi connectivity index (χ2v) is 6.95. The quantitative estimate of drug-likeness (QED) is 0.819. The molecular weight excluding hydrogens is 342 g/mol. The Morgan fingerprint density at radius 3 is 2.56 bits per heavy atom. The van der Waals surface area contributed by atoms with Crippen LogP contribution in [-0.4, -0.2) is 47.1 Å². The van der Waals surface area contributed by atoms with Gasteiger partial charge in [-0.1, -0.05) is 13.0 Å². The lowest BCUT2D eigenvalue weighted by Crippen LogP contribution is -2.50. The fraction of sp³-hybridized carbons (Fsp3) is 0.429. The van der Waals surface area contributed by atoms with E-state index in [4.69, 9.17) is 4.74 Å². The molecule has 0 bridgehead atoms. The first-order chi connectivity index (χ1) is 13.1. The number of hydrogen-bond acceptors (Lipinski definition) is 5. The molecule has 144 valence electrons. The van der Waals surface area contributed by atoms with Gasteiger partial charge in [-0.25, -0.2) is 0 Å². The monoisotopic (exact) mass is 369 g/mol. The maximum absolute atomic E-state index is 12.8. The van der Waals surface area contributed by atoms with E-state index >= 15 is 0 Å². The molecule has 1 fully saturated rings. The van der Waals surface area contributed by atoms with Crippen LogP contribution >= 0.6 is 0 Å². The summed E-state index contributed by atoms with van der Waals surface area (Å²) in [5, 5.41) is 13.9. The lowest BCUT2D eigenvalue weighted by molar-refractivity contribution is -0.123. The number of aliphatic hydroxyl groups is 1. The van der Waals surface area contributed by atoms with Gasteiger partial charge in [0.15, 0.2) is 0 Å². The number of ether oxygens (including phenoxy) is 1. The highest BCUT2D eigenvalue weighted by Crippen LogP contribution is 2.33. The zero-order valence-corrected chi connectivity index (χ0v) is 15.9. The van der Waals surface area contributed by atoms with Crippen LogP contribution in [0.25, 0.3) is 0 Å².